The number of hydrogen-bond acceptors (Lipinski definition) is 5. The van der Waals surface area contributed by atoms with E-state index < -0.39 is 5.69 Å². The van der Waals surface area contributed by atoms with Crippen LogP contribution in [0.2, 0.25) is 0 Å². The second-order valence-corrected chi connectivity index (χ2v) is 6.80. The summed E-state index contributed by atoms with van der Waals surface area (Å²) in [6.45, 7) is 3.46. The van der Waals surface area contributed by atoms with Crippen molar-refractivity contribution < 1.29 is 4.39 Å². The zero-order valence-electron chi connectivity index (χ0n) is 15.3. The number of aromatic amines is 1. The lowest BCUT2D eigenvalue weighted by Gasteiger charge is -2.35. The van der Waals surface area contributed by atoms with Crippen molar-refractivity contribution in [3.05, 3.63) is 56.7 Å². The molecule has 1 fully saturated rings. The summed E-state index contributed by atoms with van der Waals surface area (Å²) in [5.41, 5.74) is 0.544. The molecule has 3 aromatic rings. The fraction of sp³-hybridized carbons (Fsp3) is 0.389. The number of fused-ring (bicyclic) bond motifs is 1. The van der Waals surface area contributed by atoms with Gasteiger partial charge in [-0.15, -0.1) is 0 Å². The van der Waals surface area contributed by atoms with Crippen LogP contribution in [0.15, 0.2) is 33.9 Å². The van der Waals surface area contributed by atoms with E-state index in [2.05, 4.69) is 14.9 Å². The average molecular weight is 372 g/mol. The van der Waals surface area contributed by atoms with Gasteiger partial charge in [0.1, 0.15) is 17.2 Å². The highest BCUT2D eigenvalue weighted by Gasteiger charge is 2.21. The minimum atomic E-state index is -0.399. The quantitative estimate of drug-likeness (QED) is 0.721. The molecule has 1 aliphatic rings. The van der Waals surface area contributed by atoms with Crippen LogP contribution in [0, 0.1) is 5.82 Å². The normalized spacial score (nSPS) is 15.6. The Morgan fingerprint density at radius 3 is 2.48 bits per heavy atom. The van der Waals surface area contributed by atoms with E-state index in [0.717, 1.165) is 17.7 Å². The molecule has 9 heteroatoms. The van der Waals surface area contributed by atoms with Gasteiger partial charge in [-0.3, -0.25) is 18.8 Å². The number of para-hydroxylation sites is 1. The molecule has 0 spiro atoms. The highest BCUT2D eigenvalue weighted by Crippen LogP contribution is 2.20. The summed E-state index contributed by atoms with van der Waals surface area (Å²) in [6.07, 6.45) is 0. The van der Waals surface area contributed by atoms with Gasteiger partial charge in [-0.25, -0.2) is 14.2 Å². The predicted octanol–water partition coefficient (Wildman–Crippen LogP) is 0.422. The fourth-order valence-corrected chi connectivity index (χ4v) is 3.52. The molecular formula is C18H21FN6O2. The van der Waals surface area contributed by atoms with Crippen molar-refractivity contribution in [2.24, 2.45) is 14.1 Å². The molecule has 1 N–H and O–H groups in total. The monoisotopic (exact) mass is 372 g/mol. The summed E-state index contributed by atoms with van der Waals surface area (Å²) in [7, 11) is 3.05. The molecule has 1 saturated heterocycles. The molecular weight excluding hydrogens is 351 g/mol. The molecule has 2 aromatic heterocycles. The molecule has 3 heterocycles. The van der Waals surface area contributed by atoms with Gasteiger partial charge >= 0.3 is 5.69 Å². The van der Waals surface area contributed by atoms with Gasteiger partial charge in [-0.05, 0) is 12.1 Å². The van der Waals surface area contributed by atoms with E-state index in [1.54, 1.807) is 19.2 Å². The lowest BCUT2D eigenvalue weighted by molar-refractivity contribution is 0.244. The maximum Gasteiger partial charge on any atom is 0.332 e. The zero-order chi connectivity index (χ0) is 19.1. The molecule has 0 radical (unpaired) electrons. The Morgan fingerprint density at radius 1 is 1.07 bits per heavy atom. The Hall–Kier alpha value is -2.94. The number of aromatic nitrogens is 4. The van der Waals surface area contributed by atoms with Crippen molar-refractivity contribution in [3.8, 4) is 0 Å². The first-order valence-corrected chi connectivity index (χ1v) is 8.82. The highest BCUT2D eigenvalue weighted by molar-refractivity contribution is 5.69. The number of nitrogens with zero attached hydrogens (tertiary/aromatic N) is 5. The largest absolute Gasteiger partial charge is 0.367 e. The SMILES string of the molecule is Cn1c(=O)c2[nH]c(CN3CCN(c4ccccc4F)CC3)nc2n(C)c1=O. The van der Waals surface area contributed by atoms with Crippen LogP contribution in [-0.4, -0.2) is 50.2 Å². The van der Waals surface area contributed by atoms with Gasteiger partial charge in [0, 0.05) is 40.3 Å². The molecule has 1 aliphatic heterocycles. The molecule has 0 atom stereocenters. The Bertz CT molecular complexity index is 1110. The fourth-order valence-electron chi connectivity index (χ4n) is 3.52. The van der Waals surface area contributed by atoms with E-state index in [1.165, 1.54) is 17.7 Å². The summed E-state index contributed by atoms with van der Waals surface area (Å²) in [6, 6.07) is 6.79. The second-order valence-electron chi connectivity index (χ2n) is 6.80. The van der Waals surface area contributed by atoms with Crippen molar-refractivity contribution in [3.63, 3.8) is 0 Å². The van der Waals surface area contributed by atoms with E-state index in [9.17, 15) is 14.0 Å². The van der Waals surface area contributed by atoms with Gasteiger partial charge in [-0.1, -0.05) is 12.1 Å². The minimum Gasteiger partial charge on any atom is -0.367 e. The number of piperazine rings is 1. The smallest absolute Gasteiger partial charge is 0.332 e. The molecule has 0 amide bonds. The van der Waals surface area contributed by atoms with Crippen molar-refractivity contribution in [2.45, 2.75) is 6.54 Å². The van der Waals surface area contributed by atoms with Crippen LogP contribution in [-0.2, 0) is 20.6 Å². The van der Waals surface area contributed by atoms with Crippen LogP contribution in [0.5, 0.6) is 0 Å². The van der Waals surface area contributed by atoms with Gasteiger partial charge < -0.3 is 9.88 Å². The molecule has 0 unspecified atom stereocenters. The van der Waals surface area contributed by atoms with Crippen LogP contribution < -0.4 is 16.1 Å². The van der Waals surface area contributed by atoms with E-state index in [-0.39, 0.29) is 11.4 Å². The van der Waals surface area contributed by atoms with Gasteiger partial charge in [0.05, 0.1) is 12.2 Å². The third-order valence-corrected chi connectivity index (χ3v) is 5.08. The number of nitrogens with one attached hydrogen (secondary N) is 1. The van der Waals surface area contributed by atoms with E-state index >= 15 is 0 Å². The predicted molar refractivity (Wildman–Crippen MR) is 100 cm³/mol. The van der Waals surface area contributed by atoms with Gasteiger partial charge in [0.15, 0.2) is 5.65 Å². The lowest BCUT2D eigenvalue weighted by Crippen LogP contribution is -2.46. The van der Waals surface area contributed by atoms with Crippen LogP contribution in [0.25, 0.3) is 11.2 Å². The van der Waals surface area contributed by atoms with Crippen molar-refractivity contribution in [1.82, 2.24) is 24.0 Å². The first kappa shape index (κ1) is 17.5. The van der Waals surface area contributed by atoms with Gasteiger partial charge in [0.25, 0.3) is 5.56 Å². The Balaban J connectivity index is 1.51. The summed E-state index contributed by atoms with van der Waals surface area (Å²) in [5, 5.41) is 0. The summed E-state index contributed by atoms with van der Waals surface area (Å²) in [5.74, 6) is 0.433. The summed E-state index contributed by atoms with van der Waals surface area (Å²) >= 11 is 0. The Morgan fingerprint density at radius 2 is 1.78 bits per heavy atom. The Labute approximate surface area is 154 Å². The molecule has 0 bridgehead atoms. The topological polar surface area (TPSA) is 79.2 Å². The number of H-pyrrole nitrogens is 1. The van der Waals surface area contributed by atoms with Crippen LogP contribution in [0.1, 0.15) is 5.82 Å². The second kappa shape index (κ2) is 6.66. The standard InChI is InChI=1S/C18H21FN6O2/c1-22-16-15(17(26)23(2)18(22)27)20-14(21-16)11-24-7-9-25(10-8-24)13-6-4-3-5-12(13)19/h3-6H,7-11H2,1-2H3,(H,20,21). The molecule has 0 aliphatic carbocycles. The van der Waals surface area contributed by atoms with Gasteiger partial charge in [0.2, 0.25) is 0 Å². The summed E-state index contributed by atoms with van der Waals surface area (Å²) < 4.78 is 16.4. The summed E-state index contributed by atoms with van der Waals surface area (Å²) in [4.78, 5) is 36.0. The van der Waals surface area contributed by atoms with Crippen LogP contribution in [0.3, 0.4) is 0 Å². The van der Waals surface area contributed by atoms with Crippen LogP contribution >= 0.6 is 0 Å². The number of halogens is 1. The molecule has 142 valence electrons. The van der Waals surface area contributed by atoms with E-state index in [4.69, 9.17) is 0 Å². The average Bonchev–Trinajstić information content (AvgIpc) is 3.10. The third-order valence-electron chi connectivity index (χ3n) is 5.08. The number of rotatable bonds is 3. The minimum absolute atomic E-state index is 0.208. The molecule has 8 nitrogen and oxygen atoms in total. The maximum atomic E-state index is 13.9. The number of benzene rings is 1. The van der Waals surface area contributed by atoms with Crippen molar-refractivity contribution in [1.29, 1.82) is 0 Å². The number of hydrogen-bond donors (Lipinski definition) is 1. The van der Waals surface area contributed by atoms with E-state index in [1.807, 2.05) is 11.0 Å². The molecule has 0 saturated carbocycles. The Kier molecular flexibility index (Phi) is 4.31. The lowest BCUT2D eigenvalue weighted by atomic mass is 10.2. The maximum absolute atomic E-state index is 13.9. The van der Waals surface area contributed by atoms with Gasteiger partial charge in [-0.2, -0.15) is 0 Å². The van der Waals surface area contributed by atoms with Crippen molar-refractivity contribution in [2.75, 3.05) is 31.1 Å². The van der Waals surface area contributed by atoms with E-state index in [0.29, 0.717) is 42.3 Å². The molecule has 27 heavy (non-hydrogen) atoms. The van der Waals surface area contributed by atoms with Crippen LogP contribution in [0.4, 0.5) is 10.1 Å². The first-order valence-electron chi connectivity index (χ1n) is 8.82. The van der Waals surface area contributed by atoms with Crippen molar-refractivity contribution >= 4 is 16.9 Å². The highest BCUT2D eigenvalue weighted by atomic mass is 19.1. The third kappa shape index (κ3) is 3.03. The number of aryl methyl sites for hydroxylation is 1. The molecule has 1 aromatic carbocycles. The molecule has 4 rings (SSSR count). The first-order chi connectivity index (χ1) is 13.0. The number of anilines is 1. The number of imidazole rings is 1. The zero-order valence-corrected chi connectivity index (χ0v) is 15.3.